The maximum atomic E-state index is 12.3. The summed E-state index contributed by atoms with van der Waals surface area (Å²) in [6, 6.07) is 12.1. The van der Waals surface area contributed by atoms with E-state index in [0.717, 1.165) is 34.7 Å². The van der Waals surface area contributed by atoms with Gasteiger partial charge >= 0.3 is 0 Å². The fraction of sp³-hybridized carbons (Fsp3) is 0.348. The molecule has 0 atom stereocenters. The average Bonchev–Trinajstić information content (AvgIpc) is 3.40. The molecule has 0 unspecified atom stereocenters. The van der Waals surface area contributed by atoms with Crippen molar-refractivity contribution in [3.05, 3.63) is 64.8 Å². The van der Waals surface area contributed by atoms with Crippen molar-refractivity contribution in [3.63, 3.8) is 0 Å². The van der Waals surface area contributed by atoms with Gasteiger partial charge in [-0.3, -0.25) is 4.79 Å². The highest BCUT2D eigenvalue weighted by molar-refractivity contribution is 7.13. The van der Waals surface area contributed by atoms with Crippen LogP contribution in [-0.2, 0) is 17.8 Å². The SMILES string of the molecule is Cc1ccc(-c2nc(CC(=O)NCc3ccnc(OC4CCCC4)c3)cs2)cc1. The van der Waals surface area contributed by atoms with Crippen molar-refractivity contribution >= 4 is 17.2 Å². The minimum atomic E-state index is -0.0409. The Morgan fingerprint density at radius 1 is 1.21 bits per heavy atom. The molecule has 1 N–H and O–H groups in total. The lowest BCUT2D eigenvalue weighted by Crippen LogP contribution is -2.24. The molecular formula is C23H25N3O2S. The van der Waals surface area contributed by atoms with Crippen LogP contribution in [0.3, 0.4) is 0 Å². The van der Waals surface area contributed by atoms with E-state index in [9.17, 15) is 4.79 Å². The first-order valence-electron chi connectivity index (χ1n) is 10.1. The van der Waals surface area contributed by atoms with E-state index in [4.69, 9.17) is 4.74 Å². The first-order valence-corrected chi connectivity index (χ1v) is 10.9. The Kier molecular flexibility index (Phi) is 6.20. The van der Waals surface area contributed by atoms with Crippen molar-refractivity contribution in [2.24, 2.45) is 0 Å². The van der Waals surface area contributed by atoms with E-state index in [0.29, 0.717) is 12.4 Å². The maximum absolute atomic E-state index is 12.3. The van der Waals surface area contributed by atoms with E-state index in [-0.39, 0.29) is 18.4 Å². The van der Waals surface area contributed by atoms with E-state index in [1.165, 1.54) is 18.4 Å². The molecule has 0 spiro atoms. The van der Waals surface area contributed by atoms with Gasteiger partial charge in [0.1, 0.15) is 11.1 Å². The third-order valence-corrected chi connectivity index (χ3v) is 6.01. The van der Waals surface area contributed by atoms with Gasteiger partial charge in [0.2, 0.25) is 11.8 Å². The molecule has 0 saturated heterocycles. The Labute approximate surface area is 175 Å². The molecule has 1 aromatic carbocycles. The molecule has 1 aliphatic carbocycles. The molecule has 6 heteroatoms. The fourth-order valence-electron chi connectivity index (χ4n) is 3.45. The van der Waals surface area contributed by atoms with Crippen molar-refractivity contribution in [3.8, 4) is 16.5 Å². The molecule has 0 aliphatic heterocycles. The molecule has 1 amide bonds. The number of nitrogens with one attached hydrogen (secondary N) is 1. The van der Waals surface area contributed by atoms with E-state index < -0.39 is 0 Å². The molecule has 0 radical (unpaired) electrons. The van der Waals surface area contributed by atoms with Gasteiger partial charge in [-0.15, -0.1) is 11.3 Å². The van der Waals surface area contributed by atoms with E-state index >= 15 is 0 Å². The second-order valence-corrected chi connectivity index (χ2v) is 8.35. The fourth-order valence-corrected chi connectivity index (χ4v) is 4.27. The van der Waals surface area contributed by atoms with Gasteiger partial charge in [0.05, 0.1) is 12.1 Å². The molecule has 0 bridgehead atoms. The smallest absolute Gasteiger partial charge is 0.226 e. The van der Waals surface area contributed by atoms with Crippen LogP contribution in [0.5, 0.6) is 5.88 Å². The van der Waals surface area contributed by atoms with Crippen LogP contribution in [0.15, 0.2) is 48.0 Å². The van der Waals surface area contributed by atoms with E-state index in [1.54, 1.807) is 17.5 Å². The minimum absolute atomic E-state index is 0.0409. The van der Waals surface area contributed by atoms with Crippen LogP contribution in [-0.4, -0.2) is 22.0 Å². The summed E-state index contributed by atoms with van der Waals surface area (Å²) in [6.07, 6.45) is 6.94. The van der Waals surface area contributed by atoms with E-state index in [2.05, 4.69) is 46.5 Å². The number of pyridine rings is 1. The number of hydrogen-bond donors (Lipinski definition) is 1. The Morgan fingerprint density at radius 2 is 2.00 bits per heavy atom. The van der Waals surface area contributed by atoms with Gasteiger partial charge in [0, 0.05) is 29.8 Å². The van der Waals surface area contributed by atoms with Crippen LogP contribution < -0.4 is 10.1 Å². The molecule has 5 nitrogen and oxygen atoms in total. The lowest BCUT2D eigenvalue weighted by molar-refractivity contribution is -0.120. The first kappa shape index (κ1) is 19.6. The van der Waals surface area contributed by atoms with Crippen molar-refractivity contribution < 1.29 is 9.53 Å². The van der Waals surface area contributed by atoms with Gasteiger partial charge in [0.15, 0.2) is 0 Å². The summed E-state index contributed by atoms with van der Waals surface area (Å²) in [6.45, 7) is 2.52. The molecule has 2 aromatic heterocycles. The molecule has 150 valence electrons. The summed E-state index contributed by atoms with van der Waals surface area (Å²) in [5, 5.41) is 5.86. The van der Waals surface area contributed by atoms with Crippen LogP contribution in [0.25, 0.3) is 10.6 Å². The molecule has 4 rings (SSSR count). The highest BCUT2D eigenvalue weighted by atomic mass is 32.1. The monoisotopic (exact) mass is 407 g/mol. The predicted octanol–water partition coefficient (Wildman–Crippen LogP) is 4.69. The zero-order valence-electron chi connectivity index (χ0n) is 16.6. The number of aromatic nitrogens is 2. The Bertz CT molecular complexity index is 962. The number of aryl methyl sites for hydroxylation is 1. The van der Waals surface area contributed by atoms with Gasteiger partial charge in [-0.05, 0) is 44.2 Å². The molecule has 1 saturated carbocycles. The number of carbonyl (C=O) groups excluding carboxylic acids is 1. The summed E-state index contributed by atoms with van der Waals surface area (Å²) in [5.74, 6) is 0.603. The largest absolute Gasteiger partial charge is 0.474 e. The number of thiazole rings is 1. The molecule has 2 heterocycles. The number of nitrogens with zero attached hydrogens (tertiary/aromatic N) is 2. The zero-order chi connectivity index (χ0) is 20.1. The third-order valence-electron chi connectivity index (χ3n) is 5.07. The summed E-state index contributed by atoms with van der Waals surface area (Å²) < 4.78 is 5.94. The number of carbonyl (C=O) groups is 1. The standard InChI is InChI=1S/C23H25N3O2S/c1-16-6-8-18(9-7-16)23-26-19(15-29-23)13-21(27)25-14-17-10-11-24-22(12-17)28-20-4-2-3-5-20/h6-12,15,20H,2-5,13-14H2,1H3,(H,25,27). The highest BCUT2D eigenvalue weighted by Gasteiger charge is 2.17. The number of amides is 1. The average molecular weight is 408 g/mol. The van der Waals surface area contributed by atoms with Crippen molar-refractivity contribution in [2.45, 2.75) is 51.7 Å². The molecule has 1 aliphatic rings. The Hall–Kier alpha value is -2.73. The number of rotatable bonds is 7. The van der Waals surface area contributed by atoms with Crippen LogP contribution in [0.2, 0.25) is 0 Å². The van der Waals surface area contributed by atoms with Crippen molar-refractivity contribution in [1.82, 2.24) is 15.3 Å². The van der Waals surface area contributed by atoms with Crippen LogP contribution in [0.1, 0.15) is 42.5 Å². The van der Waals surface area contributed by atoms with E-state index in [1.807, 2.05) is 17.5 Å². The third kappa shape index (κ3) is 5.41. The molecular weight excluding hydrogens is 382 g/mol. The van der Waals surface area contributed by atoms with Gasteiger partial charge in [-0.1, -0.05) is 29.8 Å². The summed E-state index contributed by atoms with van der Waals surface area (Å²) in [7, 11) is 0. The normalized spacial score (nSPS) is 14.1. The topological polar surface area (TPSA) is 64.1 Å². The van der Waals surface area contributed by atoms with Gasteiger partial charge in [-0.2, -0.15) is 0 Å². The van der Waals surface area contributed by atoms with Crippen molar-refractivity contribution in [1.29, 1.82) is 0 Å². The van der Waals surface area contributed by atoms with Crippen LogP contribution in [0, 0.1) is 6.92 Å². The quantitative estimate of drug-likeness (QED) is 0.617. The molecule has 3 aromatic rings. The maximum Gasteiger partial charge on any atom is 0.226 e. The number of benzene rings is 1. The molecule has 1 fully saturated rings. The minimum Gasteiger partial charge on any atom is -0.474 e. The molecule has 29 heavy (non-hydrogen) atoms. The second kappa shape index (κ2) is 9.18. The van der Waals surface area contributed by atoms with Gasteiger partial charge in [0.25, 0.3) is 0 Å². The van der Waals surface area contributed by atoms with Gasteiger partial charge in [-0.25, -0.2) is 9.97 Å². The summed E-state index contributed by atoms with van der Waals surface area (Å²) >= 11 is 1.57. The lowest BCUT2D eigenvalue weighted by atomic mass is 10.2. The predicted molar refractivity (Wildman–Crippen MR) is 115 cm³/mol. The summed E-state index contributed by atoms with van der Waals surface area (Å²) in [5.41, 5.74) is 4.08. The van der Waals surface area contributed by atoms with Crippen LogP contribution in [0.4, 0.5) is 0 Å². The Morgan fingerprint density at radius 3 is 2.79 bits per heavy atom. The second-order valence-electron chi connectivity index (χ2n) is 7.49. The zero-order valence-corrected chi connectivity index (χ0v) is 17.4. The number of hydrogen-bond acceptors (Lipinski definition) is 5. The highest BCUT2D eigenvalue weighted by Crippen LogP contribution is 2.25. The van der Waals surface area contributed by atoms with Gasteiger partial charge < -0.3 is 10.1 Å². The first-order chi connectivity index (χ1) is 14.2. The van der Waals surface area contributed by atoms with Crippen LogP contribution >= 0.6 is 11.3 Å². The number of ether oxygens (including phenoxy) is 1. The Balaban J connectivity index is 1.29. The van der Waals surface area contributed by atoms with Crippen molar-refractivity contribution in [2.75, 3.05) is 0 Å². The summed E-state index contributed by atoms with van der Waals surface area (Å²) in [4.78, 5) is 21.2. The lowest BCUT2D eigenvalue weighted by Gasteiger charge is -2.12.